The lowest BCUT2D eigenvalue weighted by Gasteiger charge is -2.22. The predicted molar refractivity (Wildman–Crippen MR) is 83.0 cm³/mol. The quantitative estimate of drug-likeness (QED) is 0.787. The maximum absolute atomic E-state index is 12.1. The SMILES string of the molecule is O=C1C[C@@H](c2ccsc2)c2ncn(-c3ccccc3)c2N1. The van der Waals surface area contributed by atoms with Crippen LogP contribution < -0.4 is 5.32 Å². The van der Waals surface area contributed by atoms with Crippen molar-refractivity contribution in [2.75, 3.05) is 5.32 Å². The zero-order valence-electron chi connectivity index (χ0n) is 11.2. The molecule has 0 radical (unpaired) electrons. The molecule has 4 rings (SSSR count). The number of amides is 1. The molecule has 3 aromatic rings. The standard InChI is InChI=1S/C16H13N3OS/c20-14-8-13(11-6-7-21-9-11)15-16(18-14)19(10-17-15)12-4-2-1-3-5-12/h1-7,9-10,13H,8H2,(H,18,20)/t13-/m0/s1. The number of nitrogens with zero attached hydrogens (tertiary/aromatic N) is 2. The highest BCUT2D eigenvalue weighted by molar-refractivity contribution is 7.08. The number of hydrogen-bond donors (Lipinski definition) is 1. The van der Waals surface area contributed by atoms with E-state index in [0.717, 1.165) is 22.8 Å². The topological polar surface area (TPSA) is 46.9 Å². The summed E-state index contributed by atoms with van der Waals surface area (Å²) >= 11 is 1.65. The molecule has 0 fully saturated rings. The highest BCUT2D eigenvalue weighted by atomic mass is 32.1. The fourth-order valence-corrected chi connectivity index (χ4v) is 3.45. The number of benzene rings is 1. The Labute approximate surface area is 126 Å². The molecular weight excluding hydrogens is 282 g/mol. The summed E-state index contributed by atoms with van der Waals surface area (Å²) in [5.74, 6) is 0.870. The fraction of sp³-hybridized carbons (Fsp3) is 0.125. The Morgan fingerprint density at radius 2 is 2.10 bits per heavy atom. The van der Waals surface area contributed by atoms with Crippen LogP contribution in [0, 0.1) is 0 Å². The number of anilines is 1. The van der Waals surface area contributed by atoms with Crippen LogP contribution in [0.4, 0.5) is 5.82 Å². The Hall–Kier alpha value is -2.40. The van der Waals surface area contributed by atoms with E-state index in [1.165, 1.54) is 0 Å². The van der Waals surface area contributed by atoms with Crippen LogP contribution in [-0.4, -0.2) is 15.5 Å². The number of carbonyl (C=O) groups is 1. The highest BCUT2D eigenvalue weighted by Crippen LogP contribution is 2.37. The number of para-hydroxylation sites is 1. The molecule has 1 aromatic carbocycles. The number of hydrogen-bond acceptors (Lipinski definition) is 3. The van der Waals surface area contributed by atoms with E-state index in [2.05, 4.69) is 21.7 Å². The molecule has 0 aliphatic carbocycles. The summed E-state index contributed by atoms with van der Waals surface area (Å²) in [5, 5.41) is 7.09. The van der Waals surface area contributed by atoms with E-state index in [4.69, 9.17) is 0 Å². The second-order valence-electron chi connectivity index (χ2n) is 5.05. The smallest absolute Gasteiger partial charge is 0.226 e. The summed E-state index contributed by atoms with van der Waals surface area (Å²) in [7, 11) is 0. The van der Waals surface area contributed by atoms with Gasteiger partial charge < -0.3 is 5.32 Å². The van der Waals surface area contributed by atoms with E-state index in [-0.39, 0.29) is 11.8 Å². The van der Waals surface area contributed by atoms with Crippen molar-refractivity contribution in [1.82, 2.24) is 9.55 Å². The number of carbonyl (C=O) groups excluding carboxylic acids is 1. The number of fused-ring (bicyclic) bond motifs is 1. The molecule has 1 aliphatic rings. The number of imidazole rings is 1. The summed E-state index contributed by atoms with van der Waals surface area (Å²) in [5.41, 5.74) is 3.10. The van der Waals surface area contributed by atoms with Crippen LogP contribution in [0.2, 0.25) is 0 Å². The third-order valence-corrected chi connectivity index (χ3v) is 4.45. The molecule has 21 heavy (non-hydrogen) atoms. The molecule has 0 bridgehead atoms. The average Bonchev–Trinajstić information content (AvgIpc) is 3.17. The summed E-state index contributed by atoms with van der Waals surface area (Å²) in [4.78, 5) is 16.6. The number of aromatic nitrogens is 2. The van der Waals surface area contributed by atoms with Gasteiger partial charge in [-0.2, -0.15) is 11.3 Å². The van der Waals surface area contributed by atoms with Crippen LogP contribution >= 0.6 is 11.3 Å². The van der Waals surface area contributed by atoms with Gasteiger partial charge in [0, 0.05) is 18.0 Å². The molecule has 3 heterocycles. The van der Waals surface area contributed by atoms with E-state index in [9.17, 15) is 4.79 Å². The minimum absolute atomic E-state index is 0.0383. The zero-order chi connectivity index (χ0) is 14.2. The molecule has 4 nitrogen and oxygen atoms in total. The maximum atomic E-state index is 12.1. The van der Waals surface area contributed by atoms with Crippen LogP contribution in [-0.2, 0) is 4.79 Å². The van der Waals surface area contributed by atoms with E-state index < -0.39 is 0 Å². The maximum Gasteiger partial charge on any atom is 0.226 e. The van der Waals surface area contributed by atoms with Crippen LogP contribution in [0.1, 0.15) is 23.6 Å². The van der Waals surface area contributed by atoms with E-state index >= 15 is 0 Å². The van der Waals surface area contributed by atoms with Crippen molar-refractivity contribution < 1.29 is 4.79 Å². The molecular formula is C16H13N3OS. The first-order valence-electron chi connectivity index (χ1n) is 6.77. The Morgan fingerprint density at radius 1 is 1.24 bits per heavy atom. The first-order valence-corrected chi connectivity index (χ1v) is 7.72. The van der Waals surface area contributed by atoms with E-state index in [1.54, 1.807) is 17.7 Å². The molecule has 5 heteroatoms. The van der Waals surface area contributed by atoms with Gasteiger partial charge in [0.2, 0.25) is 5.91 Å². The lowest BCUT2D eigenvalue weighted by atomic mass is 9.92. The third kappa shape index (κ3) is 2.06. The lowest BCUT2D eigenvalue weighted by molar-refractivity contribution is -0.116. The summed E-state index contributed by atoms with van der Waals surface area (Å²) in [6.07, 6.45) is 2.24. The normalized spacial score (nSPS) is 17.3. The van der Waals surface area contributed by atoms with Gasteiger partial charge in [-0.25, -0.2) is 4.98 Å². The molecule has 0 saturated heterocycles. The molecule has 0 spiro atoms. The van der Waals surface area contributed by atoms with Crippen LogP contribution in [0.3, 0.4) is 0 Å². The van der Waals surface area contributed by atoms with E-state index in [0.29, 0.717) is 6.42 Å². The largest absolute Gasteiger partial charge is 0.310 e. The second kappa shape index (κ2) is 4.86. The van der Waals surface area contributed by atoms with Crippen LogP contribution in [0.25, 0.3) is 5.69 Å². The van der Waals surface area contributed by atoms with Gasteiger partial charge in [-0.15, -0.1) is 0 Å². The molecule has 2 aromatic heterocycles. The van der Waals surface area contributed by atoms with Crippen molar-refractivity contribution in [3.05, 3.63) is 64.7 Å². The molecule has 1 atom stereocenters. The summed E-state index contributed by atoms with van der Waals surface area (Å²) in [6.45, 7) is 0. The Bertz CT molecular complexity index is 777. The number of rotatable bonds is 2. The monoisotopic (exact) mass is 295 g/mol. The van der Waals surface area contributed by atoms with Crippen LogP contribution in [0.5, 0.6) is 0 Å². The first kappa shape index (κ1) is 12.3. The van der Waals surface area contributed by atoms with E-state index in [1.807, 2.05) is 40.3 Å². The molecule has 1 N–H and O–H groups in total. The molecule has 104 valence electrons. The third-order valence-electron chi connectivity index (χ3n) is 3.75. The van der Waals surface area contributed by atoms with Crippen molar-refractivity contribution in [1.29, 1.82) is 0 Å². The van der Waals surface area contributed by atoms with Gasteiger partial charge in [-0.1, -0.05) is 18.2 Å². The van der Waals surface area contributed by atoms with Crippen LogP contribution in [0.15, 0.2) is 53.5 Å². The predicted octanol–water partition coefficient (Wildman–Crippen LogP) is 3.41. The summed E-state index contributed by atoms with van der Waals surface area (Å²) < 4.78 is 1.94. The van der Waals surface area contributed by atoms with Crippen molar-refractivity contribution in [2.45, 2.75) is 12.3 Å². The Kier molecular flexibility index (Phi) is 2.86. The van der Waals surface area contributed by atoms with Gasteiger partial charge in [-0.05, 0) is 34.5 Å². The fourth-order valence-electron chi connectivity index (χ4n) is 2.74. The number of nitrogens with one attached hydrogen (secondary N) is 1. The summed E-state index contributed by atoms with van der Waals surface area (Å²) in [6, 6.07) is 12.0. The van der Waals surface area contributed by atoms with Gasteiger partial charge >= 0.3 is 0 Å². The average molecular weight is 295 g/mol. The molecule has 0 saturated carbocycles. The minimum Gasteiger partial charge on any atom is -0.310 e. The Morgan fingerprint density at radius 3 is 2.86 bits per heavy atom. The van der Waals surface area contributed by atoms with Crippen molar-refractivity contribution in [2.24, 2.45) is 0 Å². The molecule has 1 amide bonds. The van der Waals surface area contributed by atoms with Crippen molar-refractivity contribution in [3.63, 3.8) is 0 Å². The van der Waals surface area contributed by atoms with Gasteiger partial charge in [-0.3, -0.25) is 9.36 Å². The first-order chi connectivity index (χ1) is 10.3. The Balaban J connectivity index is 1.84. The number of thiophene rings is 1. The van der Waals surface area contributed by atoms with Crippen molar-refractivity contribution >= 4 is 23.1 Å². The van der Waals surface area contributed by atoms with Gasteiger partial charge in [0.25, 0.3) is 0 Å². The molecule has 0 unspecified atom stereocenters. The molecule has 1 aliphatic heterocycles. The zero-order valence-corrected chi connectivity index (χ0v) is 12.0. The van der Waals surface area contributed by atoms with Crippen molar-refractivity contribution in [3.8, 4) is 5.69 Å². The minimum atomic E-state index is 0.0383. The second-order valence-corrected chi connectivity index (χ2v) is 5.83. The lowest BCUT2D eigenvalue weighted by Crippen LogP contribution is -2.24. The van der Waals surface area contributed by atoms with Gasteiger partial charge in [0.15, 0.2) is 0 Å². The highest BCUT2D eigenvalue weighted by Gasteiger charge is 2.31. The van der Waals surface area contributed by atoms with Gasteiger partial charge in [0.05, 0.1) is 5.69 Å². The van der Waals surface area contributed by atoms with Gasteiger partial charge in [0.1, 0.15) is 12.1 Å².